The van der Waals surface area contributed by atoms with Crippen molar-refractivity contribution in [3.63, 3.8) is 0 Å². The molecule has 0 radical (unpaired) electrons. The van der Waals surface area contributed by atoms with Gasteiger partial charge in [0, 0.05) is 34.9 Å². The zero-order valence-electron chi connectivity index (χ0n) is 11.9. The maximum atomic E-state index is 11.7. The number of halogens is 1. The molecule has 0 aliphatic carbocycles. The summed E-state index contributed by atoms with van der Waals surface area (Å²) < 4.78 is 19.0. The number of hydrogen-bond donors (Lipinski definition) is 0. The molecule has 0 spiro atoms. The van der Waals surface area contributed by atoms with Gasteiger partial charge in [-0.25, -0.2) is 4.98 Å². The SMILES string of the molecule is CCS(=O)CCn1c(C(C)Cl)nc2ccc(OC)cc21. The van der Waals surface area contributed by atoms with Crippen molar-refractivity contribution < 1.29 is 8.95 Å². The second-order valence-electron chi connectivity index (χ2n) is 4.52. The van der Waals surface area contributed by atoms with Crippen molar-refractivity contribution >= 4 is 33.4 Å². The van der Waals surface area contributed by atoms with Crippen LogP contribution in [-0.4, -0.2) is 32.4 Å². The predicted octanol–water partition coefficient (Wildman–Crippen LogP) is 3.11. The van der Waals surface area contributed by atoms with Crippen LogP contribution in [0.5, 0.6) is 5.75 Å². The third kappa shape index (κ3) is 3.15. The van der Waals surface area contributed by atoms with E-state index >= 15 is 0 Å². The van der Waals surface area contributed by atoms with Crippen molar-refractivity contribution in [2.45, 2.75) is 25.8 Å². The fraction of sp³-hybridized carbons (Fsp3) is 0.500. The van der Waals surface area contributed by atoms with Crippen molar-refractivity contribution in [3.05, 3.63) is 24.0 Å². The van der Waals surface area contributed by atoms with E-state index in [0.717, 1.165) is 22.6 Å². The molecule has 0 aliphatic rings. The van der Waals surface area contributed by atoms with Gasteiger partial charge in [-0.2, -0.15) is 0 Å². The summed E-state index contributed by atoms with van der Waals surface area (Å²) >= 11 is 6.21. The Hall–Kier alpha value is -1.07. The summed E-state index contributed by atoms with van der Waals surface area (Å²) in [6, 6.07) is 5.75. The molecule has 1 aromatic carbocycles. The van der Waals surface area contributed by atoms with Gasteiger partial charge in [0.15, 0.2) is 0 Å². The fourth-order valence-corrected chi connectivity index (χ4v) is 2.97. The molecule has 0 bridgehead atoms. The van der Waals surface area contributed by atoms with E-state index in [4.69, 9.17) is 16.3 Å². The monoisotopic (exact) mass is 314 g/mol. The number of fused-ring (bicyclic) bond motifs is 1. The number of aromatic nitrogens is 2. The molecular weight excluding hydrogens is 296 g/mol. The first-order valence-corrected chi connectivity index (χ1v) is 8.52. The molecule has 4 nitrogen and oxygen atoms in total. The molecule has 2 unspecified atom stereocenters. The maximum absolute atomic E-state index is 11.7. The van der Waals surface area contributed by atoms with Crippen LogP contribution in [0.2, 0.25) is 0 Å². The number of rotatable bonds is 6. The Morgan fingerprint density at radius 2 is 2.25 bits per heavy atom. The van der Waals surface area contributed by atoms with Gasteiger partial charge in [-0.3, -0.25) is 4.21 Å². The van der Waals surface area contributed by atoms with Gasteiger partial charge in [-0.05, 0) is 19.1 Å². The number of methoxy groups -OCH3 is 1. The van der Waals surface area contributed by atoms with E-state index in [-0.39, 0.29) is 5.38 Å². The number of hydrogen-bond acceptors (Lipinski definition) is 3. The lowest BCUT2D eigenvalue weighted by Gasteiger charge is -2.10. The van der Waals surface area contributed by atoms with Crippen LogP contribution in [0.1, 0.15) is 25.0 Å². The Bertz CT molecular complexity index is 625. The van der Waals surface area contributed by atoms with Crippen molar-refractivity contribution in [2.75, 3.05) is 18.6 Å². The fourth-order valence-electron chi connectivity index (χ4n) is 2.12. The number of nitrogens with zero attached hydrogens (tertiary/aromatic N) is 2. The summed E-state index contributed by atoms with van der Waals surface area (Å²) in [5, 5.41) is -0.191. The zero-order chi connectivity index (χ0) is 14.7. The summed E-state index contributed by atoms with van der Waals surface area (Å²) in [4.78, 5) is 4.57. The molecule has 1 heterocycles. The Labute approximate surface area is 126 Å². The largest absolute Gasteiger partial charge is 0.497 e. The molecule has 0 N–H and O–H groups in total. The smallest absolute Gasteiger partial charge is 0.127 e. The average Bonchev–Trinajstić information content (AvgIpc) is 2.82. The maximum Gasteiger partial charge on any atom is 0.127 e. The molecule has 0 saturated heterocycles. The summed E-state index contributed by atoms with van der Waals surface area (Å²) in [6.45, 7) is 4.47. The molecule has 110 valence electrons. The number of aryl methyl sites for hydroxylation is 1. The van der Waals surface area contributed by atoms with Gasteiger partial charge in [0.25, 0.3) is 0 Å². The third-order valence-electron chi connectivity index (χ3n) is 3.21. The van der Waals surface area contributed by atoms with Crippen LogP contribution < -0.4 is 4.74 Å². The second-order valence-corrected chi connectivity index (χ2v) is 7.04. The van der Waals surface area contributed by atoms with Gasteiger partial charge >= 0.3 is 0 Å². The van der Waals surface area contributed by atoms with Gasteiger partial charge < -0.3 is 9.30 Å². The highest BCUT2D eigenvalue weighted by atomic mass is 35.5. The van der Waals surface area contributed by atoms with Crippen molar-refractivity contribution in [1.29, 1.82) is 0 Å². The molecule has 6 heteroatoms. The summed E-state index contributed by atoms with van der Waals surface area (Å²) in [7, 11) is 0.832. The molecule has 20 heavy (non-hydrogen) atoms. The Balaban J connectivity index is 2.45. The van der Waals surface area contributed by atoms with Crippen LogP contribution in [0.25, 0.3) is 11.0 Å². The number of alkyl halides is 1. The van der Waals surface area contributed by atoms with Gasteiger partial charge in [0.1, 0.15) is 11.6 Å². The molecule has 0 amide bonds. The lowest BCUT2D eigenvalue weighted by Crippen LogP contribution is -2.12. The van der Waals surface area contributed by atoms with Gasteiger partial charge in [-0.1, -0.05) is 6.92 Å². The first kappa shape index (κ1) is 15.3. The third-order valence-corrected chi connectivity index (χ3v) is 4.68. The standard InChI is InChI=1S/C14H19ClN2O2S/c1-4-20(18)8-7-17-13-9-11(19-3)5-6-12(13)16-14(17)10(2)15/h5-6,9-10H,4,7-8H2,1-3H3. The quantitative estimate of drug-likeness (QED) is 0.770. The Morgan fingerprint density at radius 3 is 2.85 bits per heavy atom. The number of benzene rings is 1. The minimum atomic E-state index is -0.806. The summed E-state index contributed by atoms with van der Waals surface area (Å²) in [5.41, 5.74) is 1.86. The normalized spacial score (nSPS) is 14.4. The van der Waals surface area contributed by atoms with E-state index in [0.29, 0.717) is 18.1 Å². The van der Waals surface area contributed by atoms with Crippen LogP contribution in [0.4, 0.5) is 0 Å². The van der Waals surface area contributed by atoms with E-state index in [9.17, 15) is 4.21 Å². The predicted molar refractivity (Wildman–Crippen MR) is 84.1 cm³/mol. The highest BCUT2D eigenvalue weighted by Gasteiger charge is 2.15. The Kier molecular flexibility index (Phi) is 5.05. The van der Waals surface area contributed by atoms with Crippen molar-refractivity contribution in [2.24, 2.45) is 0 Å². The van der Waals surface area contributed by atoms with E-state index < -0.39 is 10.8 Å². The van der Waals surface area contributed by atoms with Crippen molar-refractivity contribution in [1.82, 2.24) is 9.55 Å². The molecule has 2 atom stereocenters. The van der Waals surface area contributed by atoms with Crippen LogP contribution in [-0.2, 0) is 17.3 Å². The molecule has 0 fully saturated rings. The second kappa shape index (κ2) is 6.59. The van der Waals surface area contributed by atoms with E-state index in [2.05, 4.69) is 4.98 Å². The average molecular weight is 315 g/mol. The van der Waals surface area contributed by atoms with Gasteiger partial charge in [-0.15, -0.1) is 11.6 Å². The van der Waals surface area contributed by atoms with Crippen LogP contribution in [0.15, 0.2) is 18.2 Å². The Morgan fingerprint density at radius 1 is 1.50 bits per heavy atom. The molecule has 0 aliphatic heterocycles. The first-order valence-electron chi connectivity index (χ1n) is 6.60. The molecule has 2 aromatic rings. The molecule has 1 aromatic heterocycles. The highest BCUT2D eigenvalue weighted by Crippen LogP contribution is 2.27. The zero-order valence-corrected chi connectivity index (χ0v) is 13.5. The van der Waals surface area contributed by atoms with Crippen LogP contribution in [0.3, 0.4) is 0 Å². The minimum Gasteiger partial charge on any atom is -0.497 e. The van der Waals surface area contributed by atoms with E-state index in [1.807, 2.05) is 36.6 Å². The van der Waals surface area contributed by atoms with Crippen LogP contribution >= 0.6 is 11.6 Å². The van der Waals surface area contributed by atoms with Gasteiger partial charge in [0.05, 0.1) is 23.5 Å². The lowest BCUT2D eigenvalue weighted by atomic mass is 10.3. The van der Waals surface area contributed by atoms with Crippen molar-refractivity contribution in [3.8, 4) is 5.75 Å². The summed E-state index contributed by atoms with van der Waals surface area (Å²) in [6.07, 6.45) is 0. The van der Waals surface area contributed by atoms with E-state index in [1.165, 1.54) is 0 Å². The number of ether oxygens (including phenoxy) is 1. The van der Waals surface area contributed by atoms with Gasteiger partial charge in [0.2, 0.25) is 0 Å². The first-order chi connectivity index (χ1) is 9.56. The molecule has 0 saturated carbocycles. The minimum absolute atomic E-state index is 0.191. The molecular formula is C14H19ClN2O2S. The highest BCUT2D eigenvalue weighted by molar-refractivity contribution is 7.84. The van der Waals surface area contributed by atoms with E-state index in [1.54, 1.807) is 7.11 Å². The topological polar surface area (TPSA) is 44.1 Å². The van der Waals surface area contributed by atoms with Crippen LogP contribution in [0, 0.1) is 0 Å². The molecule has 2 rings (SSSR count). The summed E-state index contributed by atoms with van der Waals surface area (Å²) in [5.74, 6) is 2.87. The lowest BCUT2D eigenvalue weighted by molar-refractivity contribution is 0.415. The number of imidazole rings is 1.